The molecule has 4 nitrogen and oxygen atoms in total. The number of hydrogen-bond acceptors (Lipinski definition) is 3. The second-order valence-electron chi connectivity index (χ2n) is 4.41. The van der Waals surface area contributed by atoms with Crippen LogP contribution >= 0.6 is 0 Å². The van der Waals surface area contributed by atoms with Crippen molar-refractivity contribution in [1.82, 2.24) is 9.78 Å². The van der Waals surface area contributed by atoms with E-state index in [-0.39, 0.29) is 5.75 Å². The third-order valence-electron chi connectivity index (χ3n) is 2.62. The van der Waals surface area contributed by atoms with Gasteiger partial charge in [-0.3, -0.25) is 4.68 Å². The van der Waals surface area contributed by atoms with Crippen molar-refractivity contribution < 1.29 is 9.50 Å². The van der Waals surface area contributed by atoms with Gasteiger partial charge in [-0.2, -0.15) is 5.10 Å². The van der Waals surface area contributed by atoms with Gasteiger partial charge in [0.2, 0.25) is 0 Å². The summed E-state index contributed by atoms with van der Waals surface area (Å²) in [7, 11) is 0. The molecule has 0 atom stereocenters. The van der Waals surface area contributed by atoms with Gasteiger partial charge < -0.3 is 10.4 Å². The lowest BCUT2D eigenvalue weighted by Gasteiger charge is -2.06. The third kappa shape index (κ3) is 2.80. The lowest BCUT2D eigenvalue weighted by atomic mass is 10.2. The molecule has 0 unspecified atom stereocenters. The SMILES string of the molecule is CC(C)n1ccc(NCc2ccc(O)c(F)c2)n1. The Bertz CT molecular complexity index is 537. The molecule has 2 N–H and O–H groups in total. The predicted octanol–water partition coefficient (Wildman–Crippen LogP) is 2.92. The van der Waals surface area contributed by atoms with Crippen LogP contribution in [0.5, 0.6) is 5.75 Å². The average Bonchev–Trinajstić information content (AvgIpc) is 2.79. The summed E-state index contributed by atoms with van der Waals surface area (Å²) in [5, 5.41) is 16.5. The highest BCUT2D eigenvalue weighted by molar-refractivity contribution is 5.35. The smallest absolute Gasteiger partial charge is 0.165 e. The molecule has 0 amide bonds. The molecule has 1 aromatic carbocycles. The Hall–Kier alpha value is -2.04. The molecule has 0 saturated carbocycles. The minimum Gasteiger partial charge on any atom is -0.505 e. The molecule has 2 rings (SSSR count). The first-order chi connectivity index (χ1) is 8.56. The first-order valence-electron chi connectivity index (χ1n) is 5.82. The van der Waals surface area contributed by atoms with Crippen LogP contribution in [0.1, 0.15) is 25.5 Å². The minimum absolute atomic E-state index is 0.312. The fourth-order valence-electron chi connectivity index (χ4n) is 1.57. The van der Waals surface area contributed by atoms with Crippen LogP contribution in [0, 0.1) is 5.82 Å². The molecular formula is C13H16FN3O. The topological polar surface area (TPSA) is 50.1 Å². The summed E-state index contributed by atoms with van der Waals surface area (Å²) in [4.78, 5) is 0. The molecule has 0 bridgehead atoms. The van der Waals surface area contributed by atoms with Gasteiger partial charge in [-0.15, -0.1) is 0 Å². The van der Waals surface area contributed by atoms with E-state index in [2.05, 4.69) is 10.4 Å². The van der Waals surface area contributed by atoms with Crippen LogP contribution in [0.25, 0.3) is 0 Å². The van der Waals surface area contributed by atoms with Crippen molar-refractivity contribution in [2.75, 3.05) is 5.32 Å². The maximum absolute atomic E-state index is 13.1. The van der Waals surface area contributed by atoms with Gasteiger partial charge in [0.05, 0.1) is 0 Å². The maximum Gasteiger partial charge on any atom is 0.165 e. The van der Waals surface area contributed by atoms with Crippen molar-refractivity contribution >= 4 is 5.82 Å². The Morgan fingerprint density at radius 3 is 2.78 bits per heavy atom. The quantitative estimate of drug-likeness (QED) is 0.876. The largest absolute Gasteiger partial charge is 0.505 e. The molecule has 18 heavy (non-hydrogen) atoms. The van der Waals surface area contributed by atoms with Gasteiger partial charge in [-0.05, 0) is 31.5 Å². The van der Waals surface area contributed by atoms with Crippen LogP contribution in [0.15, 0.2) is 30.5 Å². The average molecular weight is 249 g/mol. The van der Waals surface area contributed by atoms with E-state index in [1.807, 2.05) is 30.8 Å². The van der Waals surface area contributed by atoms with E-state index >= 15 is 0 Å². The number of nitrogens with zero attached hydrogens (tertiary/aromatic N) is 2. The standard InChI is InChI=1S/C13H16FN3O/c1-9(2)17-6-5-13(16-17)15-8-10-3-4-12(18)11(14)7-10/h3-7,9,18H,8H2,1-2H3,(H,15,16). The monoisotopic (exact) mass is 249 g/mol. The van der Waals surface area contributed by atoms with Crippen LogP contribution in [0.4, 0.5) is 10.2 Å². The molecule has 1 heterocycles. The second-order valence-corrected chi connectivity index (χ2v) is 4.41. The summed E-state index contributed by atoms with van der Waals surface area (Å²) >= 11 is 0. The van der Waals surface area contributed by atoms with Crippen molar-refractivity contribution in [2.24, 2.45) is 0 Å². The minimum atomic E-state index is -0.609. The number of rotatable bonds is 4. The van der Waals surface area contributed by atoms with Gasteiger partial charge in [-0.25, -0.2) is 4.39 Å². The summed E-state index contributed by atoms with van der Waals surface area (Å²) < 4.78 is 15.0. The summed E-state index contributed by atoms with van der Waals surface area (Å²) in [6.07, 6.45) is 1.89. The summed E-state index contributed by atoms with van der Waals surface area (Å²) in [5.41, 5.74) is 0.754. The Balaban J connectivity index is 2.00. The van der Waals surface area contributed by atoms with Gasteiger partial charge >= 0.3 is 0 Å². The van der Waals surface area contributed by atoms with Crippen molar-refractivity contribution in [3.05, 3.63) is 41.8 Å². The fraction of sp³-hybridized carbons (Fsp3) is 0.308. The van der Waals surface area contributed by atoms with E-state index in [4.69, 9.17) is 5.11 Å². The van der Waals surface area contributed by atoms with Crippen LogP contribution in [-0.4, -0.2) is 14.9 Å². The van der Waals surface area contributed by atoms with Crippen LogP contribution in [0.2, 0.25) is 0 Å². The van der Waals surface area contributed by atoms with E-state index in [9.17, 15) is 4.39 Å². The Labute approximate surface area is 105 Å². The lowest BCUT2D eigenvalue weighted by Crippen LogP contribution is -2.04. The summed E-state index contributed by atoms with van der Waals surface area (Å²) in [5.74, 6) is -0.193. The number of nitrogens with one attached hydrogen (secondary N) is 1. The molecular weight excluding hydrogens is 233 g/mol. The molecule has 0 radical (unpaired) electrons. The van der Waals surface area contributed by atoms with Crippen LogP contribution < -0.4 is 5.32 Å². The third-order valence-corrected chi connectivity index (χ3v) is 2.62. The van der Waals surface area contributed by atoms with Gasteiger partial charge in [0, 0.05) is 24.8 Å². The number of hydrogen-bond donors (Lipinski definition) is 2. The normalized spacial score (nSPS) is 10.9. The molecule has 0 aliphatic heterocycles. The zero-order valence-corrected chi connectivity index (χ0v) is 10.4. The first-order valence-corrected chi connectivity index (χ1v) is 5.82. The van der Waals surface area contributed by atoms with Crippen molar-refractivity contribution in [2.45, 2.75) is 26.4 Å². The van der Waals surface area contributed by atoms with Gasteiger partial charge in [0.1, 0.15) is 5.82 Å². The lowest BCUT2D eigenvalue weighted by molar-refractivity contribution is 0.432. The van der Waals surface area contributed by atoms with E-state index < -0.39 is 5.82 Å². The zero-order valence-electron chi connectivity index (χ0n) is 10.4. The fourth-order valence-corrected chi connectivity index (χ4v) is 1.57. The van der Waals surface area contributed by atoms with Crippen molar-refractivity contribution in [1.29, 1.82) is 0 Å². The molecule has 96 valence electrons. The molecule has 2 aromatic rings. The van der Waals surface area contributed by atoms with E-state index in [0.717, 1.165) is 11.4 Å². The van der Waals surface area contributed by atoms with Crippen LogP contribution in [0.3, 0.4) is 0 Å². The Kier molecular flexibility index (Phi) is 3.50. The van der Waals surface area contributed by atoms with Gasteiger partial charge in [0.25, 0.3) is 0 Å². The first kappa shape index (κ1) is 12.4. The molecule has 0 saturated heterocycles. The summed E-state index contributed by atoms with van der Waals surface area (Å²) in [6, 6.07) is 6.51. The van der Waals surface area contributed by atoms with E-state index in [0.29, 0.717) is 12.6 Å². The number of halogens is 1. The number of aromatic nitrogens is 2. The highest BCUT2D eigenvalue weighted by atomic mass is 19.1. The van der Waals surface area contributed by atoms with Gasteiger partial charge in [0.15, 0.2) is 11.6 Å². The van der Waals surface area contributed by atoms with Crippen LogP contribution in [-0.2, 0) is 6.54 Å². The number of phenols is 1. The predicted molar refractivity (Wildman–Crippen MR) is 68.0 cm³/mol. The number of aromatic hydroxyl groups is 1. The molecule has 0 spiro atoms. The van der Waals surface area contributed by atoms with Crippen molar-refractivity contribution in [3.63, 3.8) is 0 Å². The van der Waals surface area contributed by atoms with E-state index in [1.54, 1.807) is 6.07 Å². The molecule has 5 heteroatoms. The highest BCUT2D eigenvalue weighted by Gasteiger charge is 2.04. The van der Waals surface area contributed by atoms with E-state index in [1.165, 1.54) is 12.1 Å². The number of benzene rings is 1. The molecule has 1 aromatic heterocycles. The molecule has 0 fully saturated rings. The maximum atomic E-state index is 13.1. The number of anilines is 1. The molecule has 0 aliphatic carbocycles. The number of phenolic OH excluding ortho intramolecular Hbond substituents is 1. The van der Waals surface area contributed by atoms with Crippen molar-refractivity contribution in [3.8, 4) is 5.75 Å². The highest BCUT2D eigenvalue weighted by Crippen LogP contribution is 2.17. The Morgan fingerprint density at radius 2 is 2.17 bits per heavy atom. The second kappa shape index (κ2) is 5.08. The van der Waals surface area contributed by atoms with Gasteiger partial charge in [-0.1, -0.05) is 6.07 Å². The zero-order chi connectivity index (χ0) is 13.1. The summed E-state index contributed by atoms with van der Waals surface area (Å²) in [6.45, 7) is 4.56. The molecule has 0 aliphatic rings. The Morgan fingerprint density at radius 1 is 1.39 bits per heavy atom.